The van der Waals surface area contributed by atoms with Crippen LogP contribution in [0.15, 0.2) is 0 Å². The van der Waals surface area contributed by atoms with Gasteiger partial charge in [-0.05, 0) is 32.1 Å². The van der Waals surface area contributed by atoms with Crippen molar-refractivity contribution in [1.82, 2.24) is 14.5 Å². The third-order valence-electron chi connectivity index (χ3n) is 4.57. The van der Waals surface area contributed by atoms with E-state index in [0.717, 1.165) is 24.3 Å². The summed E-state index contributed by atoms with van der Waals surface area (Å²) in [7, 11) is -3.17. The number of amides is 1. The zero-order chi connectivity index (χ0) is 17.2. The minimum absolute atomic E-state index is 0.0703. The molecular formula is C15H24N4O3S2. The van der Waals surface area contributed by atoms with E-state index < -0.39 is 10.0 Å². The minimum atomic E-state index is -3.17. The van der Waals surface area contributed by atoms with Gasteiger partial charge < -0.3 is 5.32 Å². The van der Waals surface area contributed by atoms with E-state index in [0.29, 0.717) is 43.4 Å². The molecule has 0 aromatic carbocycles. The molecule has 1 aromatic heterocycles. The Bertz CT molecular complexity index is 677. The van der Waals surface area contributed by atoms with Crippen LogP contribution in [-0.2, 0) is 14.8 Å². The summed E-state index contributed by atoms with van der Waals surface area (Å²) >= 11 is 1.45. The molecule has 1 saturated heterocycles. The van der Waals surface area contributed by atoms with Gasteiger partial charge in [0, 0.05) is 24.9 Å². The van der Waals surface area contributed by atoms with Gasteiger partial charge in [0.2, 0.25) is 21.1 Å². The molecule has 1 aliphatic carbocycles. The number of rotatable bonds is 7. The fourth-order valence-electron chi connectivity index (χ4n) is 2.84. The summed E-state index contributed by atoms with van der Waals surface area (Å²) in [6, 6.07) is 0. The Morgan fingerprint density at radius 2 is 1.96 bits per heavy atom. The predicted molar refractivity (Wildman–Crippen MR) is 93.5 cm³/mol. The van der Waals surface area contributed by atoms with Crippen molar-refractivity contribution in [1.29, 1.82) is 0 Å². The zero-order valence-electron chi connectivity index (χ0n) is 13.9. The third kappa shape index (κ3) is 4.31. The van der Waals surface area contributed by atoms with E-state index in [1.165, 1.54) is 15.6 Å². The molecule has 1 aromatic rings. The Hall–Kier alpha value is -1.06. The number of anilines is 1. The second-order valence-electron chi connectivity index (χ2n) is 6.55. The normalized spacial score (nSPS) is 20.2. The summed E-state index contributed by atoms with van der Waals surface area (Å²) in [6.07, 6.45) is 4.99. The molecule has 0 radical (unpaired) electrons. The molecule has 2 heterocycles. The topological polar surface area (TPSA) is 92.3 Å². The van der Waals surface area contributed by atoms with Gasteiger partial charge in [0.05, 0.1) is 5.75 Å². The lowest BCUT2D eigenvalue weighted by Crippen LogP contribution is -2.42. The van der Waals surface area contributed by atoms with Crippen molar-refractivity contribution < 1.29 is 13.2 Å². The molecule has 0 unspecified atom stereocenters. The van der Waals surface area contributed by atoms with Gasteiger partial charge in [-0.15, -0.1) is 10.2 Å². The van der Waals surface area contributed by atoms with Crippen LogP contribution in [0.3, 0.4) is 0 Å². The Morgan fingerprint density at radius 3 is 2.58 bits per heavy atom. The number of carbonyl (C=O) groups is 1. The van der Waals surface area contributed by atoms with Crippen LogP contribution in [0, 0.1) is 5.92 Å². The molecule has 1 N–H and O–H groups in total. The summed E-state index contributed by atoms with van der Waals surface area (Å²) in [5.74, 6) is 0.509. The number of hydrogen-bond donors (Lipinski definition) is 1. The summed E-state index contributed by atoms with van der Waals surface area (Å²) in [6.45, 7) is 2.83. The van der Waals surface area contributed by atoms with Crippen LogP contribution in [0.25, 0.3) is 0 Å². The summed E-state index contributed by atoms with van der Waals surface area (Å²) < 4.78 is 25.9. The highest BCUT2D eigenvalue weighted by atomic mass is 32.2. The fourth-order valence-corrected chi connectivity index (χ4v) is 5.43. The Kier molecular flexibility index (Phi) is 5.51. The number of nitrogens with zero attached hydrogens (tertiary/aromatic N) is 3. The third-order valence-corrected chi connectivity index (χ3v) is 7.53. The Morgan fingerprint density at radius 1 is 1.25 bits per heavy atom. The molecule has 3 rings (SSSR count). The lowest BCUT2D eigenvalue weighted by atomic mass is 9.97. The van der Waals surface area contributed by atoms with Gasteiger partial charge in [-0.2, -0.15) is 0 Å². The van der Waals surface area contributed by atoms with E-state index in [2.05, 4.69) is 15.5 Å². The SMILES string of the molecule is CCCCS(=O)(=O)N1CCC(C(=O)Nc2nnc(C3CC3)s2)CC1. The maximum Gasteiger partial charge on any atom is 0.229 e. The van der Waals surface area contributed by atoms with Crippen molar-refractivity contribution in [2.75, 3.05) is 24.2 Å². The van der Waals surface area contributed by atoms with Crippen LogP contribution < -0.4 is 5.32 Å². The molecule has 0 bridgehead atoms. The van der Waals surface area contributed by atoms with Gasteiger partial charge in [-0.3, -0.25) is 4.79 Å². The van der Waals surface area contributed by atoms with Crippen molar-refractivity contribution in [3.63, 3.8) is 0 Å². The Balaban J connectivity index is 1.49. The summed E-state index contributed by atoms with van der Waals surface area (Å²) in [4.78, 5) is 12.4. The van der Waals surface area contributed by atoms with Gasteiger partial charge in [-0.1, -0.05) is 24.7 Å². The Labute approximate surface area is 146 Å². The summed E-state index contributed by atoms with van der Waals surface area (Å²) in [5, 5.41) is 12.5. The van der Waals surface area contributed by atoms with Crippen molar-refractivity contribution in [3.05, 3.63) is 5.01 Å². The highest BCUT2D eigenvalue weighted by Crippen LogP contribution is 2.42. The first-order valence-electron chi connectivity index (χ1n) is 8.61. The predicted octanol–water partition coefficient (Wildman–Crippen LogP) is 2.20. The monoisotopic (exact) mass is 372 g/mol. The molecule has 2 aliphatic rings. The fraction of sp³-hybridized carbons (Fsp3) is 0.800. The highest BCUT2D eigenvalue weighted by molar-refractivity contribution is 7.89. The van der Waals surface area contributed by atoms with Crippen LogP contribution in [0.2, 0.25) is 0 Å². The molecule has 9 heteroatoms. The second kappa shape index (κ2) is 7.45. The van der Waals surface area contributed by atoms with Gasteiger partial charge in [0.15, 0.2) is 0 Å². The first-order chi connectivity index (χ1) is 11.5. The van der Waals surface area contributed by atoms with E-state index in [4.69, 9.17) is 0 Å². The lowest BCUT2D eigenvalue weighted by Gasteiger charge is -2.30. The number of nitrogens with one attached hydrogen (secondary N) is 1. The molecule has 134 valence electrons. The van der Waals surface area contributed by atoms with Crippen molar-refractivity contribution in [3.8, 4) is 0 Å². The number of hydrogen-bond acceptors (Lipinski definition) is 6. The average Bonchev–Trinajstić information content (AvgIpc) is 3.33. The van der Waals surface area contributed by atoms with Crippen molar-refractivity contribution >= 4 is 32.4 Å². The molecule has 1 aliphatic heterocycles. The van der Waals surface area contributed by atoms with E-state index in [9.17, 15) is 13.2 Å². The molecule has 0 spiro atoms. The first kappa shape index (κ1) is 17.8. The zero-order valence-corrected chi connectivity index (χ0v) is 15.5. The highest BCUT2D eigenvalue weighted by Gasteiger charge is 2.32. The van der Waals surface area contributed by atoms with Crippen molar-refractivity contribution in [2.24, 2.45) is 5.92 Å². The smallest absolute Gasteiger partial charge is 0.229 e. The van der Waals surface area contributed by atoms with Crippen molar-refractivity contribution in [2.45, 2.75) is 51.4 Å². The molecule has 1 saturated carbocycles. The van der Waals surface area contributed by atoms with E-state index in [1.807, 2.05) is 6.92 Å². The van der Waals surface area contributed by atoms with Gasteiger partial charge >= 0.3 is 0 Å². The first-order valence-corrected chi connectivity index (χ1v) is 11.0. The summed E-state index contributed by atoms with van der Waals surface area (Å²) in [5.41, 5.74) is 0. The number of aromatic nitrogens is 2. The van der Waals surface area contributed by atoms with Gasteiger partial charge in [0.25, 0.3) is 0 Å². The standard InChI is InChI=1S/C15H24N4O3S2/c1-2-3-10-24(21,22)19-8-6-11(7-9-19)13(20)16-15-18-17-14(23-15)12-4-5-12/h11-12H,2-10H2,1H3,(H,16,18,20). The number of unbranched alkanes of at least 4 members (excludes halogenated alkanes) is 1. The maximum absolute atomic E-state index is 12.4. The van der Waals surface area contributed by atoms with Crippen LogP contribution in [0.4, 0.5) is 5.13 Å². The largest absolute Gasteiger partial charge is 0.300 e. The maximum atomic E-state index is 12.4. The molecule has 0 atom stereocenters. The molecular weight excluding hydrogens is 348 g/mol. The van der Waals surface area contributed by atoms with Gasteiger partial charge in [0.1, 0.15) is 5.01 Å². The molecule has 2 fully saturated rings. The number of sulfonamides is 1. The second-order valence-corrected chi connectivity index (χ2v) is 9.65. The van der Waals surface area contributed by atoms with E-state index in [-0.39, 0.29) is 17.6 Å². The molecule has 1 amide bonds. The number of piperidine rings is 1. The van der Waals surface area contributed by atoms with E-state index >= 15 is 0 Å². The molecule has 24 heavy (non-hydrogen) atoms. The average molecular weight is 373 g/mol. The van der Waals surface area contributed by atoms with Crippen LogP contribution in [0.5, 0.6) is 0 Å². The van der Waals surface area contributed by atoms with Crippen LogP contribution in [0.1, 0.15) is 56.4 Å². The lowest BCUT2D eigenvalue weighted by molar-refractivity contribution is -0.120. The van der Waals surface area contributed by atoms with Gasteiger partial charge in [-0.25, -0.2) is 12.7 Å². The number of carbonyl (C=O) groups excluding carboxylic acids is 1. The quantitative estimate of drug-likeness (QED) is 0.792. The van der Waals surface area contributed by atoms with Crippen LogP contribution >= 0.6 is 11.3 Å². The van der Waals surface area contributed by atoms with Crippen LogP contribution in [-0.4, -0.2) is 47.7 Å². The molecule has 7 nitrogen and oxygen atoms in total. The minimum Gasteiger partial charge on any atom is -0.300 e. The van der Waals surface area contributed by atoms with E-state index in [1.54, 1.807) is 0 Å².